The molecular formula is C14H14N2O3S2. The van der Waals surface area contributed by atoms with Crippen LogP contribution in [0.4, 0.5) is 0 Å². The van der Waals surface area contributed by atoms with Gasteiger partial charge in [-0.05, 0) is 24.4 Å². The maximum absolute atomic E-state index is 12.3. The highest BCUT2D eigenvalue weighted by atomic mass is 32.2. The summed E-state index contributed by atoms with van der Waals surface area (Å²) >= 11 is 1.49. The fourth-order valence-corrected chi connectivity index (χ4v) is 3.69. The Morgan fingerprint density at radius 2 is 2.29 bits per heavy atom. The molecule has 110 valence electrons. The van der Waals surface area contributed by atoms with Crippen molar-refractivity contribution in [1.82, 2.24) is 9.71 Å². The number of pyridine rings is 1. The molecule has 0 radical (unpaired) electrons. The molecule has 21 heavy (non-hydrogen) atoms. The lowest BCUT2D eigenvalue weighted by Gasteiger charge is -2.12. The number of nitrogens with one attached hydrogen (secondary N) is 1. The first-order chi connectivity index (χ1) is 10.0. The van der Waals surface area contributed by atoms with Gasteiger partial charge in [0, 0.05) is 22.8 Å². The topological polar surface area (TPSA) is 79.3 Å². The summed E-state index contributed by atoms with van der Waals surface area (Å²) in [4.78, 5) is 4.86. The van der Waals surface area contributed by atoms with Crippen LogP contribution in [0, 0.1) is 11.8 Å². The van der Waals surface area contributed by atoms with E-state index >= 15 is 0 Å². The molecule has 0 saturated carbocycles. The molecule has 7 heteroatoms. The first kappa shape index (κ1) is 15.7. The third kappa shape index (κ3) is 4.12. The lowest BCUT2D eigenvalue weighted by molar-refractivity contribution is 0.350. The molecule has 0 saturated heterocycles. The summed E-state index contributed by atoms with van der Waals surface area (Å²) in [5.74, 6) is 5.09. The Balaban J connectivity index is 2.23. The third-order valence-corrected chi connectivity index (χ3v) is 5.20. The molecule has 2 aromatic rings. The van der Waals surface area contributed by atoms with Crippen molar-refractivity contribution in [2.45, 2.75) is 17.9 Å². The number of nitrogens with zero attached hydrogens (tertiary/aromatic N) is 1. The highest BCUT2D eigenvalue weighted by molar-refractivity contribution is 7.89. The normalized spacial score (nSPS) is 12.5. The minimum atomic E-state index is -3.67. The molecule has 0 bridgehead atoms. The number of thiophene rings is 1. The maximum Gasteiger partial charge on any atom is 0.242 e. The average Bonchev–Trinajstić information content (AvgIpc) is 2.99. The van der Waals surface area contributed by atoms with Gasteiger partial charge in [0.05, 0.1) is 6.04 Å². The Bertz CT molecular complexity index is 759. The van der Waals surface area contributed by atoms with Gasteiger partial charge in [0.25, 0.3) is 0 Å². The first-order valence-corrected chi connectivity index (χ1v) is 8.50. The molecule has 5 nitrogen and oxygen atoms in total. The van der Waals surface area contributed by atoms with Crippen LogP contribution in [0.5, 0.6) is 0 Å². The Morgan fingerprint density at radius 1 is 1.48 bits per heavy atom. The lowest BCUT2D eigenvalue weighted by atomic mass is 10.3. The van der Waals surface area contributed by atoms with Gasteiger partial charge in [-0.15, -0.1) is 11.3 Å². The van der Waals surface area contributed by atoms with Gasteiger partial charge in [-0.3, -0.25) is 4.98 Å². The lowest BCUT2D eigenvalue weighted by Crippen LogP contribution is -2.26. The molecule has 1 atom stereocenters. The molecule has 2 aromatic heterocycles. The number of aliphatic hydroxyl groups excluding tert-OH is 1. The highest BCUT2D eigenvalue weighted by Gasteiger charge is 2.19. The zero-order valence-corrected chi connectivity index (χ0v) is 12.9. The molecule has 0 aliphatic heterocycles. The van der Waals surface area contributed by atoms with E-state index in [1.54, 1.807) is 6.92 Å². The van der Waals surface area contributed by atoms with Gasteiger partial charge in [-0.1, -0.05) is 17.9 Å². The van der Waals surface area contributed by atoms with Gasteiger partial charge in [-0.2, -0.15) is 0 Å². The molecule has 2 N–H and O–H groups in total. The van der Waals surface area contributed by atoms with Crippen LogP contribution in [0.3, 0.4) is 0 Å². The summed E-state index contributed by atoms with van der Waals surface area (Å²) in [5.41, 5.74) is 0.440. The fraction of sp³-hybridized carbons (Fsp3) is 0.214. The quantitative estimate of drug-likeness (QED) is 0.837. The van der Waals surface area contributed by atoms with Crippen LogP contribution in [0.2, 0.25) is 0 Å². The van der Waals surface area contributed by atoms with E-state index in [1.807, 2.05) is 17.5 Å². The van der Waals surface area contributed by atoms with Crippen LogP contribution < -0.4 is 4.72 Å². The second kappa shape index (κ2) is 6.83. The van der Waals surface area contributed by atoms with E-state index in [2.05, 4.69) is 21.5 Å². The van der Waals surface area contributed by atoms with Crippen molar-refractivity contribution in [3.63, 3.8) is 0 Å². The van der Waals surface area contributed by atoms with Crippen LogP contribution in [-0.2, 0) is 10.0 Å². The molecule has 0 aliphatic rings. The first-order valence-electron chi connectivity index (χ1n) is 6.13. The molecule has 1 unspecified atom stereocenters. The minimum Gasteiger partial charge on any atom is -0.384 e. The van der Waals surface area contributed by atoms with Gasteiger partial charge in [0.1, 0.15) is 11.5 Å². The number of aliphatic hydroxyl groups is 1. The number of sulfonamides is 1. The molecular weight excluding hydrogens is 308 g/mol. The van der Waals surface area contributed by atoms with Crippen LogP contribution in [0.1, 0.15) is 23.4 Å². The molecule has 2 rings (SSSR count). The third-order valence-electron chi connectivity index (χ3n) is 2.64. The van der Waals surface area contributed by atoms with Crippen molar-refractivity contribution < 1.29 is 13.5 Å². The second-order valence-corrected chi connectivity index (χ2v) is 6.92. The van der Waals surface area contributed by atoms with Crippen molar-refractivity contribution in [2.24, 2.45) is 0 Å². The highest BCUT2D eigenvalue weighted by Crippen LogP contribution is 2.21. The monoisotopic (exact) mass is 322 g/mol. The van der Waals surface area contributed by atoms with E-state index in [0.29, 0.717) is 5.56 Å². The van der Waals surface area contributed by atoms with E-state index in [-0.39, 0.29) is 17.5 Å². The average molecular weight is 322 g/mol. The summed E-state index contributed by atoms with van der Waals surface area (Å²) in [7, 11) is -3.67. The van der Waals surface area contributed by atoms with E-state index in [1.165, 1.54) is 29.8 Å². The number of rotatable bonds is 4. The standard InChI is InChI=1S/C14H14N2O3S2/c1-11(14-5-3-7-20-14)16-21(18,19)13-8-12(4-2-6-17)9-15-10-13/h3,5,7-11,16-17H,6H2,1H3. The van der Waals surface area contributed by atoms with E-state index in [9.17, 15) is 8.42 Å². The molecule has 0 aliphatic carbocycles. The van der Waals surface area contributed by atoms with Crippen LogP contribution in [-0.4, -0.2) is 25.1 Å². The molecule has 0 amide bonds. The summed E-state index contributed by atoms with van der Waals surface area (Å²) < 4.78 is 27.2. The number of hydrogen-bond donors (Lipinski definition) is 2. The fourth-order valence-electron chi connectivity index (χ4n) is 1.67. The molecule has 0 spiro atoms. The van der Waals surface area contributed by atoms with E-state index in [4.69, 9.17) is 5.11 Å². The number of hydrogen-bond acceptors (Lipinski definition) is 5. The Hall–Kier alpha value is -1.72. The number of aromatic nitrogens is 1. The van der Waals surface area contributed by atoms with Gasteiger partial charge in [0.2, 0.25) is 10.0 Å². The maximum atomic E-state index is 12.3. The molecule has 0 aromatic carbocycles. The van der Waals surface area contributed by atoms with Crippen molar-refractivity contribution in [2.75, 3.05) is 6.61 Å². The Labute approximate surface area is 127 Å². The van der Waals surface area contributed by atoms with Crippen molar-refractivity contribution in [1.29, 1.82) is 0 Å². The van der Waals surface area contributed by atoms with Crippen LogP contribution >= 0.6 is 11.3 Å². The van der Waals surface area contributed by atoms with Crippen LogP contribution in [0.15, 0.2) is 40.9 Å². The summed E-state index contributed by atoms with van der Waals surface area (Å²) in [6, 6.07) is 4.86. The van der Waals surface area contributed by atoms with Crippen molar-refractivity contribution in [3.8, 4) is 11.8 Å². The SMILES string of the molecule is CC(NS(=O)(=O)c1cncc(C#CCO)c1)c1cccs1. The van der Waals surface area contributed by atoms with Gasteiger partial charge < -0.3 is 5.11 Å². The molecule has 0 fully saturated rings. The predicted molar refractivity (Wildman–Crippen MR) is 81.3 cm³/mol. The molecule has 2 heterocycles. The Kier molecular flexibility index (Phi) is 5.09. The van der Waals surface area contributed by atoms with Crippen molar-refractivity contribution >= 4 is 21.4 Å². The predicted octanol–water partition coefficient (Wildman–Crippen LogP) is 1.53. The minimum absolute atomic E-state index is 0.0515. The smallest absolute Gasteiger partial charge is 0.242 e. The van der Waals surface area contributed by atoms with E-state index < -0.39 is 10.0 Å². The van der Waals surface area contributed by atoms with Gasteiger partial charge in [-0.25, -0.2) is 13.1 Å². The summed E-state index contributed by atoms with van der Waals surface area (Å²) in [6.07, 6.45) is 2.72. The zero-order valence-electron chi connectivity index (χ0n) is 11.3. The van der Waals surface area contributed by atoms with E-state index in [0.717, 1.165) is 4.88 Å². The van der Waals surface area contributed by atoms with Gasteiger partial charge in [0.15, 0.2) is 0 Å². The largest absolute Gasteiger partial charge is 0.384 e. The van der Waals surface area contributed by atoms with Crippen LogP contribution in [0.25, 0.3) is 0 Å². The van der Waals surface area contributed by atoms with Gasteiger partial charge >= 0.3 is 0 Å². The van der Waals surface area contributed by atoms with Crippen molar-refractivity contribution in [3.05, 3.63) is 46.4 Å². The zero-order chi connectivity index (χ0) is 15.3. The second-order valence-electron chi connectivity index (χ2n) is 4.23. The summed E-state index contributed by atoms with van der Waals surface area (Å²) in [6.45, 7) is 1.50. The summed E-state index contributed by atoms with van der Waals surface area (Å²) in [5, 5.41) is 10.6. The Morgan fingerprint density at radius 3 is 2.95 bits per heavy atom.